The number of hydrogen-bond acceptors (Lipinski definition) is 2. The van der Waals surface area contributed by atoms with Crippen LogP contribution in [0.5, 0.6) is 0 Å². The predicted octanol–water partition coefficient (Wildman–Crippen LogP) is 4.25. The molecule has 2 aromatic rings. The van der Waals surface area contributed by atoms with Crippen molar-refractivity contribution in [3.8, 4) is 0 Å². The Morgan fingerprint density at radius 2 is 1.75 bits per heavy atom. The van der Waals surface area contributed by atoms with E-state index in [0.29, 0.717) is 10.8 Å². The van der Waals surface area contributed by atoms with Crippen LogP contribution in [0.4, 0.5) is 5.69 Å². The van der Waals surface area contributed by atoms with Gasteiger partial charge in [0.1, 0.15) is 0 Å². The maximum Gasteiger partial charge on any atom is 0.234 e. The minimum absolute atomic E-state index is 0.0189. The molecule has 0 saturated heterocycles. The Balaban J connectivity index is 1.66. The standard InChI is InChI=1S/C16H16ClNOS/c17-14-6-8-15(9-7-14)18-16(19)12-20-11-10-13-4-2-1-3-5-13/h1-9H,10-12H2,(H,18,19). The van der Waals surface area contributed by atoms with Gasteiger partial charge in [0.15, 0.2) is 0 Å². The number of aryl methyl sites for hydroxylation is 1. The summed E-state index contributed by atoms with van der Waals surface area (Å²) >= 11 is 7.43. The van der Waals surface area contributed by atoms with Gasteiger partial charge in [0, 0.05) is 10.7 Å². The lowest BCUT2D eigenvalue weighted by Crippen LogP contribution is -2.14. The summed E-state index contributed by atoms with van der Waals surface area (Å²) in [6, 6.07) is 17.4. The monoisotopic (exact) mass is 305 g/mol. The lowest BCUT2D eigenvalue weighted by molar-refractivity contribution is -0.113. The third kappa shape index (κ3) is 5.27. The minimum Gasteiger partial charge on any atom is -0.325 e. The number of amides is 1. The second-order valence-electron chi connectivity index (χ2n) is 4.34. The zero-order valence-corrected chi connectivity index (χ0v) is 12.6. The van der Waals surface area contributed by atoms with Gasteiger partial charge in [0.25, 0.3) is 0 Å². The molecule has 4 heteroatoms. The van der Waals surface area contributed by atoms with Crippen molar-refractivity contribution in [2.75, 3.05) is 16.8 Å². The molecule has 1 N–H and O–H groups in total. The van der Waals surface area contributed by atoms with E-state index < -0.39 is 0 Å². The minimum atomic E-state index is 0.0189. The molecule has 0 heterocycles. The molecule has 104 valence electrons. The van der Waals surface area contributed by atoms with Gasteiger partial charge in [-0.3, -0.25) is 4.79 Å². The number of carbonyl (C=O) groups excluding carboxylic acids is 1. The van der Waals surface area contributed by atoms with Crippen molar-refractivity contribution in [2.24, 2.45) is 0 Å². The van der Waals surface area contributed by atoms with Crippen LogP contribution in [0.1, 0.15) is 5.56 Å². The third-order valence-corrected chi connectivity index (χ3v) is 3.95. The summed E-state index contributed by atoms with van der Waals surface area (Å²) in [6.45, 7) is 0. The van der Waals surface area contributed by atoms with Crippen molar-refractivity contribution < 1.29 is 4.79 Å². The van der Waals surface area contributed by atoms with Gasteiger partial charge in [-0.2, -0.15) is 11.8 Å². The molecule has 0 radical (unpaired) electrons. The van der Waals surface area contributed by atoms with E-state index in [2.05, 4.69) is 17.4 Å². The zero-order valence-electron chi connectivity index (χ0n) is 11.0. The quantitative estimate of drug-likeness (QED) is 0.808. The molecule has 0 unspecified atom stereocenters. The Morgan fingerprint density at radius 1 is 1.05 bits per heavy atom. The average Bonchev–Trinajstić information content (AvgIpc) is 2.47. The maximum atomic E-state index is 11.7. The fourth-order valence-corrected chi connectivity index (χ4v) is 2.64. The van der Waals surface area contributed by atoms with Crippen LogP contribution in [0.3, 0.4) is 0 Å². The number of carbonyl (C=O) groups is 1. The second kappa shape index (κ2) is 7.98. The first-order chi connectivity index (χ1) is 9.74. The first-order valence-corrected chi connectivity index (χ1v) is 7.94. The van der Waals surface area contributed by atoms with E-state index in [1.54, 1.807) is 36.0 Å². The Bertz CT molecular complexity index is 542. The van der Waals surface area contributed by atoms with E-state index >= 15 is 0 Å². The van der Waals surface area contributed by atoms with Crippen LogP contribution in [0.2, 0.25) is 5.02 Å². The number of thioether (sulfide) groups is 1. The highest BCUT2D eigenvalue weighted by molar-refractivity contribution is 7.99. The smallest absolute Gasteiger partial charge is 0.234 e. The molecular weight excluding hydrogens is 290 g/mol. The van der Waals surface area contributed by atoms with E-state index in [9.17, 15) is 4.79 Å². The van der Waals surface area contributed by atoms with Crippen molar-refractivity contribution in [3.05, 3.63) is 65.2 Å². The predicted molar refractivity (Wildman–Crippen MR) is 87.6 cm³/mol. The van der Waals surface area contributed by atoms with E-state index in [1.165, 1.54) is 5.56 Å². The summed E-state index contributed by atoms with van der Waals surface area (Å²) in [7, 11) is 0. The van der Waals surface area contributed by atoms with Crippen molar-refractivity contribution in [2.45, 2.75) is 6.42 Å². The molecule has 20 heavy (non-hydrogen) atoms. The van der Waals surface area contributed by atoms with Crippen LogP contribution in [0.25, 0.3) is 0 Å². The van der Waals surface area contributed by atoms with Crippen LogP contribution in [-0.4, -0.2) is 17.4 Å². The van der Waals surface area contributed by atoms with Gasteiger partial charge in [-0.25, -0.2) is 0 Å². The number of nitrogens with one attached hydrogen (secondary N) is 1. The normalized spacial score (nSPS) is 10.2. The van der Waals surface area contributed by atoms with Gasteiger partial charge >= 0.3 is 0 Å². The summed E-state index contributed by atoms with van der Waals surface area (Å²) < 4.78 is 0. The van der Waals surface area contributed by atoms with Crippen molar-refractivity contribution in [3.63, 3.8) is 0 Å². The zero-order chi connectivity index (χ0) is 14.2. The molecular formula is C16H16ClNOS. The van der Waals surface area contributed by atoms with Gasteiger partial charge in [-0.1, -0.05) is 41.9 Å². The number of benzene rings is 2. The van der Waals surface area contributed by atoms with Crippen LogP contribution in [0.15, 0.2) is 54.6 Å². The topological polar surface area (TPSA) is 29.1 Å². The molecule has 2 rings (SSSR count). The first kappa shape index (κ1) is 14.9. The van der Waals surface area contributed by atoms with Crippen LogP contribution < -0.4 is 5.32 Å². The molecule has 0 spiro atoms. The van der Waals surface area contributed by atoms with Gasteiger partial charge < -0.3 is 5.32 Å². The lowest BCUT2D eigenvalue weighted by Gasteiger charge is -2.05. The summed E-state index contributed by atoms with van der Waals surface area (Å²) in [5.41, 5.74) is 2.08. The van der Waals surface area contributed by atoms with Gasteiger partial charge in [-0.15, -0.1) is 0 Å². The Kier molecular flexibility index (Phi) is 5.96. The molecule has 0 bridgehead atoms. The van der Waals surface area contributed by atoms with Gasteiger partial charge in [0.2, 0.25) is 5.91 Å². The molecule has 1 amide bonds. The SMILES string of the molecule is O=C(CSCCc1ccccc1)Nc1ccc(Cl)cc1. The highest BCUT2D eigenvalue weighted by Gasteiger charge is 2.02. The van der Waals surface area contributed by atoms with Gasteiger partial charge in [0.05, 0.1) is 5.75 Å². The van der Waals surface area contributed by atoms with Gasteiger partial charge in [-0.05, 0) is 42.0 Å². The number of hydrogen-bond donors (Lipinski definition) is 1. The average molecular weight is 306 g/mol. The lowest BCUT2D eigenvalue weighted by atomic mass is 10.2. The second-order valence-corrected chi connectivity index (χ2v) is 5.88. The summed E-state index contributed by atoms with van der Waals surface area (Å²) in [6.07, 6.45) is 0.986. The molecule has 0 atom stereocenters. The van der Waals surface area contributed by atoms with Crippen LogP contribution in [0, 0.1) is 0 Å². The molecule has 0 aliphatic rings. The fraction of sp³-hybridized carbons (Fsp3) is 0.188. The molecule has 0 aromatic heterocycles. The number of rotatable bonds is 6. The third-order valence-electron chi connectivity index (χ3n) is 2.74. The molecule has 0 saturated carbocycles. The highest BCUT2D eigenvalue weighted by Crippen LogP contribution is 2.14. The van der Waals surface area contributed by atoms with E-state index in [-0.39, 0.29) is 5.91 Å². The van der Waals surface area contributed by atoms with Crippen LogP contribution in [-0.2, 0) is 11.2 Å². The van der Waals surface area contributed by atoms with Crippen molar-refractivity contribution in [1.29, 1.82) is 0 Å². The van der Waals surface area contributed by atoms with E-state index in [4.69, 9.17) is 11.6 Å². The summed E-state index contributed by atoms with van der Waals surface area (Å²) in [5.74, 6) is 1.43. The molecule has 2 nitrogen and oxygen atoms in total. The fourth-order valence-electron chi connectivity index (χ4n) is 1.73. The Hall–Kier alpha value is -1.45. The van der Waals surface area contributed by atoms with Crippen LogP contribution >= 0.6 is 23.4 Å². The number of anilines is 1. The van der Waals surface area contributed by atoms with E-state index in [0.717, 1.165) is 17.9 Å². The largest absolute Gasteiger partial charge is 0.325 e. The molecule has 2 aromatic carbocycles. The molecule has 0 aliphatic carbocycles. The van der Waals surface area contributed by atoms with Crippen molar-refractivity contribution >= 4 is 35.0 Å². The van der Waals surface area contributed by atoms with Crippen molar-refractivity contribution in [1.82, 2.24) is 0 Å². The summed E-state index contributed by atoms with van der Waals surface area (Å²) in [5, 5.41) is 3.52. The number of halogens is 1. The molecule has 0 fully saturated rings. The molecule has 0 aliphatic heterocycles. The Labute approximate surface area is 128 Å². The Morgan fingerprint density at radius 3 is 2.45 bits per heavy atom. The maximum absolute atomic E-state index is 11.7. The first-order valence-electron chi connectivity index (χ1n) is 6.41. The summed E-state index contributed by atoms with van der Waals surface area (Å²) in [4.78, 5) is 11.7. The van der Waals surface area contributed by atoms with E-state index in [1.807, 2.05) is 18.2 Å². The highest BCUT2D eigenvalue weighted by atomic mass is 35.5.